The molecular formula is C11H10FNO2S. The van der Waals surface area contributed by atoms with Gasteiger partial charge < -0.3 is 4.98 Å². The maximum Gasteiger partial charge on any atom is 0.180 e. The number of aromatic nitrogens is 1. The van der Waals surface area contributed by atoms with Crippen LogP contribution in [0.25, 0.3) is 11.3 Å². The van der Waals surface area contributed by atoms with Crippen LogP contribution >= 0.6 is 0 Å². The molecule has 2 rings (SSSR count). The SMILES string of the molecule is CS(=O)(=O)c1c(F)c[nH]c1-c1ccccc1. The van der Waals surface area contributed by atoms with E-state index in [1.54, 1.807) is 24.3 Å². The fraction of sp³-hybridized carbons (Fsp3) is 0.0909. The molecule has 5 heteroatoms. The molecule has 0 saturated heterocycles. The van der Waals surface area contributed by atoms with Crippen molar-refractivity contribution >= 4 is 9.84 Å². The van der Waals surface area contributed by atoms with Crippen molar-refractivity contribution in [3.8, 4) is 11.3 Å². The smallest absolute Gasteiger partial charge is 0.180 e. The zero-order valence-corrected chi connectivity index (χ0v) is 9.38. The lowest BCUT2D eigenvalue weighted by molar-refractivity contribution is 0.575. The van der Waals surface area contributed by atoms with E-state index in [4.69, 9.17) is 0 Å². The molecule has 0 aliphatic heterocycles. The number of hydrogen-bond acceptors (Lipinski definition) is 2. The van der Waals surface area contributed by atoms with Gasteiger partial charge in [-0.15, -0.1) is 0 Å². The van der Waals surface area contributed by atoms with Gasteiger partial charge in [0.05, 0.1) is 5.69 Å². The highest BCUT2D eigenvalue weighted by molar-refractivity contribution is 7.90. The third kappa shape index (κ3) is 1.86. The van der Waals surface area contributed by atoms with Crippen LogP contribution in [0.2, 0.25) is 0 Å². The van der Waals surface area contributed by atoms with Crippen LogP contribution in [0.15, 0.2) is 41.4 Å². The van der Waals surface area contributed by atoms with E-state index >= 15 is 0 Å². The van der Waals surface area contributed by atoms with Gasteiger partial charge in [-0.3, -0.25) is 0 Å². The van der Waals surface area contributed by atoms with E-state index in [1.807, 2.05) is 6.07 Å². The van der Waals surface area contributed by atoms with Crippen LogP contribution in [0.3, 0.4) is 0 Å². The average Bonchev–Trinajstić information content (AvgIpc) is 2.61. The first kappa shape index (κ1) is 10.9. The second-order valence-corrected chi connectivity index (χ2v) is 5.43. The molecule has 0 radical (unpaired) electrons. The summed E-state index contributed by atoms with van der Waals surface area (Å²) in [5, 5.41) is 0. The van der Waals surface area contributed by atoms with Crippen LogP contribution in [-0.4, -0.2) is 19.7 Å². The molecular weight excluding hydrogens is 229 g/mol. The third-order valence-corrected chi connectivity index (χ3v) is 3.36. The van der Waals surface area contributed by atoms with E-state index in [-0.39, 0.29) is 4.90 Å². The first-order valence-corrected chi connectivity index (χ1v) is 6.51. The molecule has 1 N–H and O–H groups in total. The molecule has 0 amide bonds. The molecule has 0 aliphatic rings. The minimum absolute atomic E-state index is 0.279. The minimum Gasteiger partial charge on any atom is -0.357 e. The Kier molecular flexibility index (Phi) is 2.55. The molecule has 1 heterocycles. The second-order valence-electron chi connectivity index (χ2n) is 3.48. The van der Waals surface area contributed by atoms with Crippen LogP contribution in [0.4, 0.5) is 4.39 Å². The topological polar surface area (TPSA) is 49.9 Å². The number of nitrogens with one attached hydrogen (secondary N) is 1. The fourth-order valence-corrected chi connectivity index (χ4v) is 2.53. The summed E-state index contributed by atoms with van der Waals surface area (Å²) in [6, 6.07) is 8.78. The highest BCUT2D eigenvalue weighted by atomic mass is 32.2. The predicted molar refractivity (Wildman–Crippen MR) is 59.3 cm³/mol. The number of halogens is 1. The van der Waals surface area contributed by atoms with Gasteiger partial charge in [0.1, 0.15) is 4.90 Å². The van der Waals surface area contributed by atoms with Gasteiger partial charge >= 0.3 is 0 Å². The van der Waals surface area contributed by atoms with Gasteiger partial charge in [-0.05, 0) is 5.56 Å². The van der Waals surface area contributed by atoms with Crippen molar-refractivity contribution in [3.63, 3.8) is 0 Å². The lowest BCUT2D eigenvalue weighted by atomic mass is 10.2. The number of hydrogen-bond donors (Lipinski definition) is 1. The number of aromatic amines is 1. The van der Waals surface area contributed by atoms with Gasteiger partial charge in [0.25, 0.3) is 0 Å². The summed E-state index contributed by atoms with van der Waals surface area (Å²) in [6.07, 6.45) is 2.05. The molecule has 0 saturated carbocycles. The Labute approximate surface area is 92.9 Å². The summed E-state index contributed by atoms with van der Waals surface area (Å²) >= 11 is 0. The molecule has 3 nitrogen and oxygen atoms in total. The molecule has 16 heavy (non-hydrogen) atoms. The largest absolute Gasteiger partial charge is 0.357 e. The van der Waals surface area contributed by atoms with Crippen LogP contribution in [0, 0.1) is 5.82 Å². The van der Waals surface area contributed by atoms with Crippen molar-refractivity contribution in [2.75, 3.05) is 6.26 Å². The summed E-state index contributed by atoms with van der Waals surface area (Å²) in [5.74, 6) is -0.749. The molecule has 1 aromatic carbocycles. The summed E-state index contributed by atoms with van der Waals surface area (Å²) in [7, 11) is -3.58. The molecule has 0 fully saturated rings. The highest BCUT2D eigenvalue weighted by Gasteiger charge is 2.21. The Morgan fingerprint density at radius 3 is 2.38 bits per heavy atom. The zero-order valence-electron chi connectivity index (χ0n) is 8.57. The van der Waals surface area contributed by atoms with E-state index in [1.165, 1.54) is 0 Å². The van der Waals surface area contributed by atoms with Gasteiger partial charge in [0.15, 0.2) is 15.7 Å². The first-order valence-electron chi connectivity index (χ1n) is 4.62. The van der Waals surface area contributed by atoms with Crippen molar-refractivity contribution in [1.29, 1.82) is 0 Å². The Morgan fingerprint density at radius 1 is 1.19 bits per heavy atom. The maximum atomic E-state index is 13.4. The van der Waals surface area contributed by atoms with Crippen LogP contribution in [-0.2, 0) is 9.84 Å². The Bertz CT molecular complexity index is 602. The molecule has 2 aromatic rings. The lowest BCUT2D eigenvalue weighted by Gasteiger charge is -2.02. The molecule has 0 aliphatic carbocycles. The molecule has 0 bridgehead atoms. The van der Waals surface area contributed by atoms with E-state index in [0.717, 1.165) is 12.5 Å². The van der Waals surface area contributed by atoms with E-state index in [9.17, 15) is 12.8 Å². The van der Waals surface area contributed by atoms with Crippen molar-refractivity contribution < 1.29 is 12.8 Å². The van der Waals surface area contributed by atoms with Gasteiger partial charge in [-0.2, -0.15) is 0 Å². The number of sulfone groups is 1. The first-order chi connectivity index (χ1) is 7.50. The average molecular weight is 239 g/mol. The zero-order chi connectivity index (χ0) is 11.8. The van der Waals surface area contributed by atoms with E-state index in [2.05, 4.69) is 4.98 Å². The van der Waals surface area contributed by atoms with Crippen molar-refractivity contribution in [3.05, 3.63) is 42.3 Å². The monoisotopic (exact) mass is 239 g/mol. The summed E-state index contributed by atoms with van der Waals surface area (Å²) in [5.41, 5.74) is 0.937. The highest BCUT2D eigenvalue weighted by Crippen LogP contribution is 2.28. The van der Waals surface area contributed by atoms with Crippen LogP contribution in [0.1, 0.15) is 0 Å². The quantitative estimate of drug-likeness (QED) is 0.873. The summed E-state index contributed by atoms with van der Waals surface area (Å²) < 4.78 is 36.3. The minimum atomic E-state index is -3.58. The van der Waals surface area contributed by atoms with E-state index in [0.29, 0.717) is 11.3 Å². The third-order valence-electron chi connectivity index (χ3n) is 2.22. The normalized spacial score (nSPS) is 11.6. The molecule has 0 unspecified atom stereocenters. The van der Waals surface area contributed by atoms with Crippen molar-refractivity contribution in [2.24, 2.45) is 0 Å². The number of rotatable bonds is 2. The standard InChI is InChI=1S/C11H10FNO2S/c1-16(14,15)11-9(12)7-13-10(11)8-5-3-2-4-6-8/h2-7,13H,1H3. The number of benzene rings is 1. The van der Waals surface area contributed by atoms with Gasteiger partial charge in [-0.25, -0.2) is 12.8 Å². The predicted octanol–water partition coefficient (Wildman–Crippen LogP) is 2.22. The Morgan fingerprint density at radius 2 is 1.81 bits per heavy atom. The van der Waals surface area contributed by atoms with Gasteiger partial charge in [0, 0.05) is 12.5 Å². The Hall–Kier alpha value is -1.62. The van der Waals surface area contributed by atoms with E-state index < -0.39 is 15.7 Å². The summed E-state index contributed by atoms with van der Waals surface area (Å²) in [4.78, 5) is 2.36. The molecule has 0 atom stereocenters. The molecule has 0 spiro atoms. The second kappa shape index (κ2) is 3.75. The molecule has 1 aromatic heterocycles. The maximum absolute atomic E-state index is 13.4. The summed E-state index contributed by atoms with van der Waals surface area (Å²) in [6.45, 7) is 0. The lowest BCUT2D eigenvalue weighted by Crippen LogP contribution is -2.00. The van der Waals surface area contributed by atoms with Crippen LogP contribution < -0.4 is 0 Å². The Balaban J connectivity index is 2.69. The van der Waals surface area contributed by atoms with Crippen molar-refractivity contribution in [2.45, 2.75) is 4.90 Å². The van der Waals surface area contributed by atoms with Gasteiger partial charge in [-0.1, -0.05) is 30.3 Å². The fourth-order valence-electron chi connectivity index (χ4n) is 1.57. The van der Waals surface area contributed by atoms with Crippen molar-refractivity contribution in [1.82, 2.24) is 4.98 Å². The van der Waals surface area contributed by atoms with Crippen LogP contribution in [0.5, 0.6) is 0 Å². The van der Waals surface area contributed by atoms with Gasteiger partial charge in [0.2, 0.25) is 0 Å². The molecule has 84 valence electrons. The number of H-pyrrole nitrogens is 1.